The Bertz CT molecular complexity index is 187. The third kappa shape index (κ3) is 3.79. The van der Waals surface area contributed by atoms with E-state index in [4.69, 9.17) is 0 Å². The molecule has 1 N–H and O–H groups in total. The van der Waals surface area contributed by atoms with E-state index in [1.54, 1.807) is 0 Å². The van der Waals surface area contributed by atoms with Crippen LogP contribution in [0, 0.1) is 11.3 Å². The lowest BCUT2D eigenvalue weighted by Crippen LogP contribution is -2.30. The molecule has 0 aromatic carbocycles. The zero-order chi connectivity index (χ0) is 10.6. The first-order valence-corrected chi connectivity index (χ1v) is 5.74. The molecule has 1 saturated heterocycles. The van der Waals surface area contributed by atoms with Crippen molar-refractivity contribution in [3.63, 3.8) is 0 Å². The van der Waals surface area contributed by atoms with Crippen LogP contribution in [0.5, 0.6) is 0 Å². The molecule has 82 valence electrons. The molecule has 1 heterocycles. The Morgan fingerprint density at radius 2 is 2.14 bits per heavy atom. The fourth-order valence-corrected chi connectivity index (χ4v) is 1.88. The van der Waals surface area contributed by atoms with E-state index in [1.807, 2.05) is 20.8 Å². The second kappa shape index (κ2) is 4.92. The SMILES string of the molecule is CC(C)(C)C(=O)CCC1CCCNC1. The molecule has 1 atom stereocenters. The predicted octanol–water partition coefficient (Wildman–Crippen LogP) is 2.38. The van der Waals surface area contributed by atoms with Crippen molar-refractivity contribution < 1.29 is 4.79 Å². The fraction of sp³-hybridized carbons (Fsp3) is 0.917. The number of hydrogen-bond donors (Lipinski definition) is 1. The topological polar surface area (TPSA) is 29.1 Å². The summed E-state index contributed by atoms with van der Waals surface area (Å²) < 4.78 is 0. The average Bonchev–Trinajstić information content (AvgIpc) is 2.14. The summed E-state index contributed by atoms with van der Waals surface area (Å²) in [5.41, 5.74) is -0.151. The van der Waals surface area contributed by atoms with Gasteiger partial charge < -0.3 is 5.32 Å². The smallest absolute Gasteiger partial charge is 0.138 e. The van der Waals surface area contributed by atoms with Crippen molar-refractivity contribution in [3.05, 3.63) is 0 Å². The third-order valence-corrected chi connectivity index (χ3v) is 3.02. The summed E-state index contributed by atoms with van der Waals surface area (Å²) in [5.74, 6) is 1.14. The number of carbonyl (C=O) groups is 1. The number of piperidine rings is 1. The van der Waals surface area contributed by atoms with Gasteiger partial charge in [0.1, 0.15) is 5.78 Å². The maximum atomic E-state index is 11.7. The molecule has 1 rings (SSSR count). The Morgan fingerprint density at radius 3 is 2.64 bits per heavy atom. The Morgan fingerprint density at radius 1 is 1.43 bits per heavy atom. The first-order valence-electron chi connectivity index (χ1n) is 5.74. The van der Waals surface area contributed by atoms with Gasteiger partial charge in [0.2, 0.25) is 0 Å². The zero-order valence-corrected chi connectivity index (χ0v) is 9.73. The summed E-state index contributed by atoms with van der Waals surface area (Å²) in [6.45, 7) is 8.29. The summed E-state index contributed by atoms with van der Waals surface area (Å²) in [4.78, 5) is 11.7. The van der Waals surface area contributed by atoms with Crippen molar-refractivity contribution in [1.82, 2.24) is 5.32 Å². The Balaban J connectivity index is 2.22. The van der Waals surface area contributed by atoms with E-state index in [0.29, 0.717) is 5.78 Å². The molecule has 0 spiro atoms. The van der Waals surface area contributed by atoms with Crippen molar-refractivity contribution in [2.75, 3.05) is 13.1 Å². The largest absolute Gasteiger partial charge is 0.316 e. The van der Waals surface area contributed by atoms with Gasteiger partial charge >= 0.3 is 0 Å². The lowest BCUT2D eigenvalue weighted by molar-refractivity contribution is -0.126. The Labute approximate surface area is 87.5 Å². The molecule has 1 aliphatic rings. The Kier molecular flexibility index (Phi) is 4.11. The highest BCUT2D eigenvalue weighted by Gasteiger charge is 2.22. The number of Topliss-reactive ketones (excluding diaryl/α,β-unsaturated/α-hetero) is 1. The van der Waals surface area contributed by atoms with Gasteiger partial charge in [-0.25, -0.2) is 0 Å². The highest BCUT2D eigenvalue weighted by atomic mass is 16.1. The normalized spacial score (nSPS) is 23.5. The maximum Gasteiger partial charge on any atom is 0.138 e. The molecular formula is C12H23NO. The first-order chi connectivity index (χ1) is 6.50. The number of carbonyl (C=O) groups excluding carboxylic acids is 1. The molecule has 0 amide bonds. The number of ketones is 1. The molecule has 0 aromatic heterocycles. The molecule has 2 heteroatoms. The van der Waals surface area contributed by atoms with Gasteiger partial charge in [0.25, 0.3) is 0 Å². The minimum Gasteiger partial charge on any atom is -0.316 e. The van der Waals surface area contributed by atoms with Gasteiger partial charge in [-0.2, -0.15) is 0 Å². The molecule has 1 aliphatic heterocycles. The quantitative estimate of drug-likeness (QED) is 0.752. The Hall–Kier alpha value is -0.370. The second-order valence-corrected chi connectivity index (χ2v) is 5.42. The number of rotatable bonds is 3. The first kappa shape index (κ1) is 11.7. The van der Waals surface area contributed by atoms with Crippen molar-refractivity contribution in [2.24, 2.45) is 11.3 Å². The minimum absolute atomic E-state index is 0.151. The highest BCUT2D eigenvalue weighted by molar-refractivity contribution is 5.83. The number of hydrogen-bond acceptors (Lipinski definition) is 2. The van der Waals surface area contributed by atoms with Crippen LogP contribution in [0.4, 0.5) is 0 Å². The van der Waals surface area contributed by atoms with E-state index in [0.717, 1.165) is 31.8 Å². The summed E-state index contributed by atoms with van der Waals surface area (Å²) in [7, 11) is 0. The van der Waals surface area contributed by atoms with Crippen LogP contribution in [0.25, 0.3) is 0 Å². The van der Waals surface area contributed by atoms with Gasteiger partial charge in [-0.05, 0) is 38.3 Å². The minimum atomic E-state index is -0.151. The van der Waals surface area contributed by atoms with E-state index < -0.39 is 0 Å². The van der Waals surface area contributed by atoms with Crippen LogP contribution in [-0.2, 0) is 4.79 Å². The predicted molar refractivity (Wildman–Crippen MR) is 59.3 cm³/mol. The highest BCUT2D eigenvalue weighted by Crippen LogP contribution is 2.22. The van der Waals surface area contributed by atoms with Crippen molar-refractivity contribution in [2.45, 2.75) is 46.5 Å². The van der Waals surface area contributed by atoms with Crippen LogP contribution < -0.4 is 5.32 Å². The molecule has 0 saturated carbocycles. The van der Waals surface area contributed by atoms with Crippen LogP contribution in [0.2, 0.25) is 0 Å². The van der Waals surface area contributed by atoms with E-state index in [2.05, 4.69) is 5.32 Å². The molecular weight excluding hydrogens is 174 g/mol. The zero-order valence-electron chi connectivity index (χ0n) is 9.73. The van der Waals surface area contributed by atoms with E-state index in [-0.39, 0.29) is 5.41 Å². The average molecular weight is 197 g/mol. The van der Waals surface area contributed by atoms with Crippen LogP contribution in [-0.4, -0.2) is 18.9 Å². The molecule has 0 bridgehead atoms. The third-order valence-electron chi connectivity index (χ3n) is 3.02. The van der Waals surface area contributed by atoms with Gasteiger partial charge in [0.05, 0.1) is 0 Å². The van der Waals surface area contributed by atoms with E-state index in [1.165, 1.54) is 12.8 Å². The summed E-state index contributed by atoms with van der Waals surface area (Å²) in [5, 5.41) is 3.39. The monoisotopic (exact) mass is 197 g/mol. The van der Waals surface area contributed by atoms with Crippen LogP contribution >= 0.6 is 0 Å². The van der Waals surface area contributed by atoms with Crippen LogP contribution in [0.1, 0.15) is 46.5 Å². The molecule has 0 aliphatic carbocycles. The summed E-state index contributed by atoms with van der Waals surface area (Å²) >= 11 is 0. The molecule has 2 nitrogen and oxygen atoms in total. The van der Waals surface area contributed by atoms with Crippen LogP contribution in [0.3, 0.4) is 0 Å². The maximum absolute atomic E-state index is 11.7. The van der Waals surface area contributed by atoms with Crippen molar-refractivity contribution in [1.29, 1.82) is 0 Å². The lowest BCUT2D eigenvalue weighted by atomic mass is 9.85. The van der Waals surface area contributed by atoms with Crippen molar-refractivity contribution >= 4 is 5.78 Å². The van der Waals surface area contributed by atoms with Gasteiger partial charge in [0.15, 0.2) is 0 Å². The van der Waals surface area contributed by atoms with Gasteiger partial charge in [-0.3, -0.25) is 4.79 Å². The second-order valence-electron chi connectivity index (χ2n) is 5.42. The molecule has 1 fully saturated rings. The summed E-state index contributed by atoms with van der Waals surface area (Å²) in [6, 6.07) is 0. The number of nitrogens with one attached hydrogen (secondary N) is 1. The molecule has 14 heavy (non-hydrogen) atoms. The van der Waals surface area contributed by atoms with Crippen LogP contribution in [0.15, 0.2) is 0 Å². The van der Waals surface area contributed by atoms with E-state index in [9.17, 15) is 4.79 Å². The fourth-order valence-electron chi connectivity index (χ4n) is 1.88. The van der Waals surface area contributed by atoms with Gasteiger partial charge in [0, 0.05) is 11.8 Å². The molecule has 0 radical (unpaired) electrons. The van der Waals surface area contributed by atoms with Gasteiger partial charge in [-0.15, -0.1) is 0 Å². The lowest BCUT2D eigenvalue weighted by Gasteiger charge is -2.24. The molecule has 0 aromatic rings. The standard InChI is InChI=1S/C12H23NO/c1-12(2,3)11(14)7-6-10-5-4-8-13-9-10/h10,13H,4-9H2,1-3H3. The van der Waals surface area contributed by atoms with Crippen molar-refractivity contribution in [3.8, 4) is 0 Å². The van der Waals surface area contributed by atoms with Gasteiger partial charge in [-0.1, -0.05) is 20.8 Å². The molecule has 1 unspecified atom stereocenters. The summed E-state index contributed by atoms with van der Waals surface area (Å²) in [6.07, 6.45) is 4.40. The van der Waals surface area contributed by atoms with E-state index >= 15 is 0 Å².